The number of carboxylic acid groups (broad SMARTS) is 1. The molecular weight excluding hydrogens is 256 g/mol. The molecule has 1 aromatic carbocycles. The molecule has 2 atom stereocenters. The van der Waals surface area contributed by atoms with Crippen LogP contribution in [-0.2, 0) is 9.59 Å². The number of benzene rings is 1. The van der Waals surface area contributed by atoms with Crippen molar-refractivity contribution in [3.63, 3.8) is 0 Å². The lowest BCUT2D eigenvalue weighted by atomic mass is 9.93. The van der Waals surface area contributed by atoms with Gasteiger partial charge >= 0.3 is 5.97 Å². The van der Waals surface area contributed by atoms with Gasteiger partial charge in [0.1, 0.15) is 0 Å². The topological polar surface area (TPSA) is 81.4 Å². The molecule has 0 bridgehead atoms. The standard InChI is InChI=1S/C15H16N2O3/c1-9(2)17-13(18)7-12(15(19)20)14(17)11-5-3-10(8-16)4-6-11/h3-6,9,12,14H,7H2,1-2H3,(H,19,20). The van der Waals surface area contributed by atoms with Crippen LogP contribution >= 0.6 is 0 Å². The van der Waals surface area contributed by atoms with E-state index in [1.807, 2.05) is 19.9 Å². The van der Waals surface area contributed by atoms with Gasteiger partial charge in [0.2, 0.25) is 5.91 Å². The molecule has 5 nitrogen and oxygen atoms in total. The summed E-state index contributed by atoms with van der Waals surface area (Å²) in [4.78, 5) is 25.1. The van der Waals surface area contributed by atoms with Crippen molar-refractivity contribution < 1.29 is 14.7 Å². The molecule has 1 heterocycles. The van der Waals surface area contributed by atoms with Gasteiger partial charge in [-0.2, -0.15) is 5.26 Å². The van der Waals surface area contributed by atoms with E-state index in [-0.39, 0.29) is 18.4 Å². The second-order valence-electron chi connectivity index (χ2n) is 5.22. The van der Waals surface area contributed by atoms with Gasteiger partial charge in [0.05, 0.1) is 23.6 Å². The SMILES string of the molecule is CC(C)N1C(=O)CC(C(=O)O)C1c1ccc(C#N)cc1. The first kappa shape index (κ1) is 14.1. The third kappa shape index (κ3) is 2.37. The van der Waals surface area contributed by atoms with Crippen molar-refractivity contribution in [3.8, 4) is 6.07 Å². The molecule has 1 aromatic rings. The van der Waals surface area contributed by atoms with Crippen molar-refractivity contribution in [1.82, 2.24) is 4.90 Å². The van der Waals surface area contributed by atoms with Crippen molar-refractivity contribution in [2.45, 2.75) is 32.4 Å². The molecule has 1 N–H and O–H groups in total. The van der Waals surface area contributed by atoms with E-state index in [0.717, 1.165) is 5.56 Å². The van der Waals surface area contributed by atoms with Crippen LogP contribution in [0.5, 0.6) is 0 Å². The summed E-state index contributed by atoms with van der Waals surface area (Å²) >= 11 is 0. The smallest absolute Gasteiger partial charge is 0.309 e. The van der Waals surface area contributed by atoms with Crippen molar-refractivity contribution in [2.75, 3.05) is 0 Å². The zero-order valence-electron chi connectivity index (χ0n) is 11.4. The van der Waals surface area contributed by atoms with Gasteiger partial charge in [-0.3, -0.25) is 9.59 Å². The normalized spacial score (nSPS) is 22.1. The minimum absolute atomic E-state index is 0.0260. The van der Waals surface area contributed by atoms with Crippen molar-refractivity contribution in [2.24, 2.45) is 5.92 Å². The maximum Gasteiger partial charge on any atom is 0.309 e. The van der Waals surface area contributed by atoms with E-state index >= 15 is 0 Å². The molecule has 0 aromatic heterocycles. The molecule has 2 rings (SSSR count). The van der Waals surface area contributed by atoms with Gasteiger partial charge < -0.3 is 10.0 Å². The van der Waals surface area contributed by atoms with Crippen LogP contribution in [0.3, 0.4) is 0 Å². The molecule has 0 aliphatic carbocycles. The van der Waals surface area contributed by atoms with E-state index in [2.05, 4.69) is 0 Å². The fourth-order valence-corrected chi connectivity index (χ4v) is 2.73. The number of hydrogen-bond acceptors (Lipinski definition) is 3. The number of carbonyl (C=O) groups excluding carboxylic acids is 1. The molecule has 20 heavy (non-hydrogen) atoms. The number of rotatable bonds is 3. The van der Waals surface area contributed by atoms with Crippen LogP contribution in [0.4, 0.5) is 0 Å². The van der Waals surface area contributed by atoms with E-state index in [9.17, 15) is 14.7 Å². The van der Waals surface area contributed by atoms with Gasteiger partial charge in [0.15, 0.2) is 0 Å². The van der Waals surface area contributed by atoms with Gasteiger partial charge in [-0.25, -0.2) is 0 Å². The van der Waals surface area contributed by atoms with Gasteiger partial charge in [-0.05, 0) is 31.5 Å². The Labute approximate surface area is 117 Å². The number of nitriles is 1. The van der Waals surface area contributed by atoms with E-state index in [0.29, 0.717) is 5.56 Å². The van der Waals surface area contributed by atoms with E-state index < -0.39 is 17.9 Å². The summed E-state index contributed by atoms with van der Waals surface area (Å²) in [5.41, 5.74) is 1.27. The number of nitrogens with zero attached hydrogens (tertiary/aromatic N) is 2. The Morgan fingerprint density at radius 1 is 1.40 bits per heavy atom. The molecule has 5 heteroatoms. The summed E-state index contributed by atoms with van der Waals surface area (Å²) in [6.07, 6.45) is 0.0260. The summed E-state index contributed by atoms with van der Waals surface area (Å²) in [7, 11) is 0. The van der Waals surface area contributed by atoms with Crippen molar-refractivity contribution in [3.05, 3.63) is 35.4 Å². The highest BCUT2D eigenvalue weighted by Gasteiger charge is 2.45. The largest absolute Gasteiger partial charge is 0.481 e. The van der Waals surface area contributed by atoms with E-state index in [1.54, 1.807) is 29.2 Å². The van der Waals surface area contributed by atoms with Crippen LogP contribution in [0, 0.1) is 17.2 Å². The first-order valence-corrected chi connectivity index (χ1v) is 6.49. The Bertz CT molecular complexity index is 572. The highest BCUT2D eigenvalue weighted by Crippen LogP contribution is 2.39. The van der Waals surface area contributed by atoms with Crippen LogP contribution in [0.1, 0.15) is 37.4 Å². The molecule has 2 unspecified atom stereocenters. The summed E-state index contributed by atoms with van der Waals surface area (Å²) in [6.45, 7) is 3.75. The zero-order valence-corrected chi connectivity index (χ0v) is 11.4. The van der Waals surface area contributed by atoms with Gasteiger partial charge in [0.25, 0.3) is 0 Å². The zero-order chi connectivity index (χ0) is 14.9. The number of aliphatic carboxylic acids is 1. The van der Waals surface area contributed by atoms with Crippen LogP contribution in [0.15, 0.2) is 24.3 Å². The summed E-state index contributed by atoms with van der Waals surface area (Å²) in [6, 6.07) is 8.25. The third-order valence-electron chi connectivity index (χ3n) is 3.62. The first-order chi connectivity index (χ1) is 9.45. The second-order valence-corrected chi connectivity index (χ2v) is 5.22. The van der Waals surface area contributed by atoms with Gasteiger partial charge in [0, 0.05) is 12.5 Å². The average molecular weight is 272 g/mol. The van der Waals surface area contributed by atoms with Gasteiger partial charge in [-0.15, -0.1) is 0 Å². The molecule has 1 fully saturated rings. The maximum absolute atomic E-state index is 12.0. The highest BCUT2D eigenvalue weighted by atomic mass is 16.4. The van der Waals surface area contributed by atoms with E-state index in [4.69, 9.17) is 5.26 Å². The number of likely N-dealkylation sites (tertiary alicyclic amines) is 1. The fraction of sp³-hybridized carbons (Fsp3) is 0.400. The Morgan fingerprint density at radius 2 is 2.00 bits per heavy atom. The predicted octanol–water partition coefficient (Wildman–Crippen LogP) is 1.94. The Balaban J connectivity index is 2.43. The number of carbonyl (C=O) groups is 2. The van der Waals surface area contributed by atoms with Crippen LogP contribution in [-0.4, -0.2) is 27.9 Å². The van der Waals surface area contributed by atoms with E-state index in [1.165, 1.54) is 0 Å². The first-order valence-electron chi connectivity index (χ1n) is 6.49. The summed E-state index contributed by atoms with van der Waals surface area (Å²) in [5, 5.41) is 18.1. The van der Waals surface area contributed by atoms with Crippen LogP contribution in [0.25, 0.3) is 0 Å². The number of amides is 1. The average Bonchev–Trinajstić information content (AvgIpc) is 2.76. The summed E-state index contributed by atoms with van der Waals surface area (Å²) < 4.78 is 0. The third-order valence-corrected chi connectivity index (χ3v) is 3.62. The lowest BCUT2D eigenvalue weighted by Crippen LogP contribution is -2.36. The number of hydrogen-bond donors (Lipinski definition) is 1. The monoisotopic (exact) mass is 272 g/mol. The second kappa shape index (κ2) is 5.33. The summed E-state index contributed by atoms with van der Waals surface area (Å²) in [5.74, 6) is -1.84. The molecule has 0 radical (unpaired) electrons. The Kier molecular flexibility index (Phi) is 3.75. The fourth-order valence-electron chi connectivity index (χ4n) is 2.73. The lowest BCUT2D eigenvalue weighted by Gasteiger charge is -2.30. The van der Waals surface area contributed by atoms with Gasteiger partial charge in [-0.1, -0.05) is 12.1 Å². The lowest BCUT2D eigenvalue weighted by molar-refractivity contribution is -0.142. The van der Waals surface area contributed by atoms with Crippen LogP contribution in [0.2, 0.25) is 0 Å². The highest BCUT2D eigenvalue weighted by molar-refractivity contribution is 5.87. The minimum atomic E-state index is -0.962. The maximum atomic E-state index is 12.0. The minimum Gasteiger partial charge on any atom is -0.481 e. The molecule has 1 saturated heterocycles. The Hall–Kier alpha value is -2.35. The molecule has 0 saturated carbocycles. The number of carboxylic acids is 1. The van der Waals surface area contributed by atoms with Crippen LogP contribution < -0.4 is 0 Å². The van der Waals surface area contributed by atoms with Crippen molar-refractivity contribution >= 4 is 11.9 Å². The molecular formula is C15H16N2O3. The Morgan fingerprint density at radius 3 is 2.45 bits per heavy atom. The molecule has 1 aliphatic rings. The molecule has 1 amide bonds. The predicted molar refractivity (Wildman–Crippen MR) is 71.6 cm³/mol. The molecule has 0 spiro atoms. The van der Waals surface area contributed by atoms with Crippen molar-refractivity contribution in [1.29, 1.82) is 5.26 Å². The quantitative estimate of drug-likeness (QED) is 0.911. The molecule has 1 aliphatic heterocycles. The molecule has 104 valence electrons.